The number of fused-ring (bicyclic) bond motifs is 7. The fourth-order valence-electron chi connectivity index (χ4n) is 12.8. The Labute approximate surface area is 299 Å². The van der Waals surface area contributed by atoms with Crippen LogP contribution in [0, 0.1) is 69.5 Å². The summed E-state index contributed by atoms with van der Waals surface area (Å²) in [6, 6.07) is 0.175. The molecule has 276 valence electrons. The normalized spacial score (nSPS) is 43.9. The van der Waals surface area contributed by atoms with Crippen LogP contribution in [0.4, 0.5) is 0 Å². The van der Waals surface area contributed by atoms with E-state index in [1.54, 1.807) is 13.8 Å². The van der Waals surface area contributed by atoms with Gasteiger partial charge in [-0.25, -0.2) is 0 Å². The molecular weight excluding hydrogens is 628 g/mol. The van der Waals surface area contributed by atoms with E-state index in [-0.39, 0.29) is 82.1 Å². The third kappa shape index (κ3) is 5.37. The maximum absolute atomic E-state index is 14.0. The van der Waals surface area contributed by atoms with Gasteiger partial charge in [0.15, 0.2) is 5.78 Å². The monoisotopic (exact) mass is 690 g/mol. The van der Waals surface area contributed by atoms with E-state index in [1.165, 1.54) is 5.57 Å². The van der Waals surface area contributed by atoms with Crippen molar-refractivity contribution in [1.29, 1.82) is 0 Å². The molecule has 0 radical (unpaired) electrons. The van der Waals surface area contributed by atoms with Gasteiger partial charge in [-0.3, -0.25) is 19.2 Å². The number of amides is 2. The van der Waals surface area contributed by atoms with E-state index in [2.05, 4.69) is 45.3 Å². The van der Waals surface area contributed by atoms with Crippen molar-refractivity contribution >= 4 is 29.9 Å². The van der Waals surface area contributed by atoms with Crippen molar-refractivity contribution in [1.82, 2.24) is 10.6 Å². The first kappa shape index (κ1) is 35.9. The second kappa shape index (κ2) is 12.3. The molecule has 12 unspecified atom stereocenters. The lowest BCUT2D eigenvalue weighted by Crippen LogP contribution is -2.63. The summed E-state index contributed by atoms with van der Waals surface area (Å²) in [4.78, 5) is 65.6. The van der Waals surface area contributed by atoms with Gasteiger partial charge in [0.1, 0.15) is 17.8 Å². The van der Waals surface area contributed by atoms with Gasteiger partial charge < -0.3 is 20.2 Å². The first-order valence-corrected chi connectivity index (χ1v) is 20.1. The van der Waals surface area contributed by atoms with E-state index in [1.807, 2.05) is 6.92 Å². The highest BCUT2D eigenvalue weighted by Gasteiger charge is 2.65. The van der Waals surface area contributed by atoms with Crippen LogP contribution in [0.2, 0.25) is 0 Å². The van der Waals surface area contributed by atoms with Gasteiger partial charge >= 0.3 is 5.97 Å². The number of allylic oxidation sites excluding steroid dienone is 1. The second-order valence-electron chi connectivity index (χ2n) is 19.4. The molecule has 0 heterocycles. The minimum absolute atomic E-state index is 0.0213. The summed E-state index contributed by atoms with van der Waals surface area (Å²) in [5.74, 6) is 1.49. The molecule has 2 amide bonds. The van der Waals surface area contributed by atoms with Gasteiger partial charge in [-0.1, -0.05) is 41.5 Å². The molecule has 8 heteroatoms. The highest BCUT2D eigenvalue weighted by Crippen LogP contribution is 2.70. The van der Waals surface area contributed by atoms with E-state index in [0.717, 1.165) is 76.1 Å². The molecule has 7 rings (SSSR count). The second-order valence-corrected chi connectivity index (χ2v) is 19.4. The standard InChI is InChI=1S/C42H62N2O6/c1-22(2)34-31(46)20-42(44-38(49)39(5,6)37(48)43-26-9-10-26)18-14-30-27(35(34)42)11-12-33-40(7)17-15-32(24(4)29(40)13-16-41(30,33)8)50-36(47)28-19-25(21-45)23(28)3/h21-30,32-33H,9-20H2,1-8H3,(H,43,48)(H,44,49). The number of aldehydes is 1. The Kier molecular flexibility index (Phi) is 8.81. The summed E-state index contributed by atoms with van der Waals surface area (Å²) in [6.45, 7) is 17.0. The molecule has 6 saturated carbocycles. The maximum atomic E-state index is 14.0. The van der Waals surface area contributed by atoms with E-state index >= 15 is 0 Å². The van der Waals surface area contributed by atoms with Crippen molar-refractivity contribution < 1.29 is 28.7 Å². The molecular formula is C42H62N2O6. The maximum Gasteiger partial charge on any atom is 0.309 e. The molecule has 0 aromatic carbocycles. The molecule has 0 spiro atoms. The van der Waals surface area contributed by atoms with E-state index in [0.29, 0.717) is 30.6 Å². The van der Waals surface area contributed by atoms with Gasteiger partial charge in [0.2, 0.25) is 11.8 Å². The number of carbonyl (C=O) groups is 5. The van der Waals surface area contributed by atoms with Gasteiger partial charge in [-0.15, -0.1) is 0 Å². The Hall–Kier alpha value is -2.51. The molecule has 6 fully saturated rings. The van der Waals surface area contributed by atoms with Gasteiger partial charge in [0.25, 0.3) is 0 Å². The Morgan fingerprint density at radius 1 is 0.880 bits per heavy atom. The van der Waals surface area contributed by atoms with Crippen molar-refractivity contribution in [3.05, 3.63) is 11.1 Å². The summed E-state index contributed by atoms with van der Waals surface area (Å²) < 4.78 is 6.25. The zero-order valence-electron chi connectivity index (χ0n) is 31.9. The predicted octanol–water partition coefficient (Wildman–Crippen LogP) is 6.74. The fourth-order valence-corrected chi connectivity index (χ4v) is 12.8. The van der Waals surface area contributed by atoms with Crippen LogP contribution >= 0.6 is 0 Å². The number of ether oxygens (including phenoxy) is 1. The largest absolute Gasteiger partial charge is 0.462 e. The number of hydrogen-bond acceptors (Lipinski definition) is 6. The van der Waals surface area contributed by atoms with Crippen LogP contribution in [0.5, 0.6) is 0 Å². The minimum atomic E-state index is -1.22. The van der Waals surface area contributed by atoms with Crippen LogP contribution < -0.4 is 10.6 Å². The fraction of sp³-hybridized carbons (Fsp3) is 0.833. The van der Waals surface area contributed by atoms with Crippen molar-refractivity contribution in [3.8, 4) is 0 Å². The summed E-state index contributed by atoms with van der Waals surface area (Å²) in [6.07, 6.45) is 11.7. The first-order chi connectivity index (χ1) is 23.5. The van der Waals surface area contributed by atoms with E-state index in [4.69, 9.17) is 4.74 Å². The summed E-state index contributed by atoms with van der Waals surface area (Å²) in [7, 11) is 0. The molecule has 0 aromatic rings. The van der Waals surface area contributed by atoms with Gasteiger partial charge in [0, 0.05) is 18.4 Å². The number of nitrogens with one attached hydrogen (secondary N) is 2. The van der Waals surface area contributed by atoms with Crippen molar-refractivity contribution in [3.63, 3.8) is 0 Å². The Balaban J connectivity index is 1.11. The molecule has 8 nitrogen and oxygen atoms in total. The van der Waals surface area contributed by atoms with E-state index in [9.17, 15) is 24.0 Å². The summed E-state index contributed by atoms with van der Waals surface area (Å²) in [5.41, 5.74) is 0.447. The smallest absolute Gasteiger partial charge is 0.309 e. The van der Waals surface area contributed by atoms with Gasteiger partial charge in [0.05, 0.1) is 11.5 Å². The molecule has 0 aromatic heterocycles. The lowest BCUT2D eigenvalue weighted by Gasteiger charge is -2.67. The SMILES string of the molecule is CC(C)C1=C2C3CCC4C(C)(CCC5C(C)C(OC(=O)C6CC(C=O)C6C)CCC54C)C3CCC2(NC(=O)C(C)(C)C(=O)NC2CC2)CC1=O. The Morgan fingerprint density at radius 2 is 1.54 bits per heavy atom. The molecule has 0 saturated heterocycles. The molecule has 2 N–H and O–H groups in total. The molecule has 0 aliphatic heterocycles. The number of rotatable bonds is 8. The zero-order valence-corrected chi connectivity index (χ0v) is 31.9. The average molecular weight is 691 g/mol. The van der Waals surface area contributed by atoms with E-state index < -0.39 is 11.0 Å². The third-order valence-corrected chi connectivity index (χ3v) is 16.1. The Bertz CT molecular complexity index is 1490. The van der Waals surface area contributed by atoms with Crippen LogP contribution in [-0.2, 0) is 28.7 Å². The van der Waals surface area contributed by atoms with Crippen LogP contribution in [0.3, 0.4) is 0 Å². The van der Waals surface area contributed by atoms with Crippen LogP contribution in [-0.4, -0.2) is 47.5 Å². The van der Waals surface area contributed by atoms with Crippen molar-refractivity contribution in [2.24, 2.45) is 69.5 Å². The highest BCUT2D eigenvalue weighted by atomic mass is 16.5. The van der Waals surface area contributed by atoms with Crippen LogP contribution in [0.15, 0.2) is 11.1 Å². The number of hydrogen-bond donors (Lipinski definition) is 2. The molecule has 12 atom stereocenters. The number of Topliss-reactive ketones (excluding diaryl/α,β-unsaturated/α-hetero) is 1. The van der Waals surface area contributed by atoms with Gasteiger partial charge in [-0.2, -0.15) is 0 Å². The highest BCUT2D eigenvalue weighted by molar-refractivity contribution is 6.06. The average Bonchev–Trinajstić information content (AvgIpc) is 3.81. The van der Waals surface area contributed by atoms with Crippen LogP contribution in [0.25, 0.3) is 0 Å². The summed E-state index contributed by atoms with van der Waals surface area (Å²) >= 11 is 0. The lowest BCUT2D eigenvalue weighted by atomic mass is 9.38. The molecule has 7 aliphatic carbocycles. The topological polar surface area (TPSA) is 119 Å². The van der Waals surface area contributed by atoms with Gasteiger partial charge in [-0.05, 0) is 148 Å². The van der Waals surface area contributed by atoms with Crippen LogP contribution in [0.1, 0.15) is 132 Å². The number of esters is 1. The molecule has 7 aliphatic rings. The third-order valence-electron chi connectivity index (χ3n) is 16.1. The first-order valence-electron chi connectivity index (χ1n) is 20.1. The molecule has 50 heavy (non-hydrogen) atoms. The van der Waals surface area contributed by atoms with Crippen molar-refractivity contribution in [2.75, 3.05) is 0 Å². The number of carbonyl (C=O) groups excluding carboxylic acids is 5. The summed E-state index contributed by atoms with van der Waals surface area (Å²) in [5, 5.41) is 6.44. The number of ketones is 1. The zero-order chi connectivity index (χ0) is 36.1. The molecule has 0 bridgehead atoms. The lowest BCUT2D eigenvalue weighted by molar-refractivity contribution is -0.195. The predicted molar refractivity (Wildman–Crippen MR) is 190 cm³/mol. The minimum Gasteiger partial charge on any atom is -0.462 e. The van der Waals surface area contributed by atoms with Crippen molar-refractivity contribution in [2.45, 2.75) is 150 Å². The Morgan fingerprint density at radius 3 is 2.18 bits per heavy atom. The quantitative estimate of drug-likeness (QED) is 0.165.